The van der Waals surface area contributed by atoms with Gasteiger partial charge in [0, 0.05) is 12.6 Å². The van der Waals surface area contributed by atoms with E-state index in [0.717, 1.165) is 6.54 Å². The van der Waals surface area contributed by atoms with E-state index in [1.807, 2.05) is 0 Å². The average Bonchev–Trinajstić information content (AvgIpc) is 2.00. The van der Waals surface area contributed by atoms with E-state index in [0.29, 0.717) is 5.82 Å². The molecule has 1 rings (SSSR count). The minimum atomic E-state index is -0.133. The van der Waals surface area contributed by atoms with E-state index in [9.17, 15) is 4.79 Å². The highest BCUT2D eigenvalue weighted by molar-refractivity contribution is 5.31. The largest absolute Gasteiger partial charge is 0.369 e. The van der Waals surface area contributed by atoms with E-state index >= 15 is 0 Å². The first-order chi connectivity index (χ1) is 5.97. The van der Waals surface area contributed by atoms with Gasteiger partial charge in [0.05, 0.1) is 6.33 Å². The summed E-state index contributed by atoms with van der Waals surface area (Å²) in [6.45, 7) is 7.15. The predicted molar refractivity (Wildman–Crippen MR) is 52.8 cm³/mol. The summed E-state index contributed by atoms with van der Waals surface area (Å²) >= 11 is 0. The Bertz CT molecular complexity index is 324. The number of anilines is 1. The molecule has 0 saturated heterocycles. The SMILES string of the molecule is CC(C)(C)CNc1cc(=O)[nH]cn1. The minimum Gasteiger partial charge on any atom is -0.369 e. The van der Waals surface area contributed by atoms with Crippen LogP contribution in [-0.2, 0) is 0 Å². The van der Waals surface area contributed by atoms with Crippen molar-refractivity contribution in [2.75, 3.05) is 11.9 Å². The molecule has 0 fully saturated rings. The van der Waals surface area contributed by atoms with Crippen LogP contribution in [0.2, 0.25) is 0 Å². The molecule has 1 heterocycles. The first-order valence-corrected chi connectivity index (χ1v) is 4.26. The highest BCUT2D eigenvalue weighted by Gasteiger charge is 2.09. The van der Waals surface area contributed by atoms with Gasteiger partial charge in [0.15, 0.2) is 0 Å². The first kappa shape index (κ1) is 9.77. The zero-order valence-electron chi connectivity index (χ0n) is 8.22. The molecule has 0 spiro atoms. The molecule has 0 aliphatic carbocycles. The van der Waals surface area contributed by atoms with Crippen molar-refractivity contribution in [3.63, 3.8) is 0 Å². The van der Waals surface area contributed by atoms with Gasteiger partial charge in [0.2, 0.25) is 0 Å². The highest BCUT2D eigenvalue weighted by atomic mass is 16.1. The lowest BCUT2D eigenvalue weighted by Crippen LogP contribution is -2.20. The lowest BCUT2D eigenvalue weighted by Gasteiger charge is -2.18. The van der Waals surface area contributed by atoms with E-state index in [1.165, 1.54) is 12.4 Å². The Morgan fingerprint density at radius 1 is 1.54 bits per heavy atom. The summed E-state index contributed by atoms with van der Waals surface area (Å²) in [5, 5.41) is 3.09. The number of nitrogens with one attached hydrogen (secondary N) is 2. The third-order valence-corrected chi connectivity index (χ3v) is 1.48. The van der Waals surface area contributed by atoms with Crippen LogP contribution in [0.1, 0.15) is 20.8 Å². The molecule has 0 aromatic carbocycles. The topological polar surface area (TPSA) is 57.8 Å². The molecule has 0 saturated carbocycles. The number of nitrogens with zero attached hydrogens (tertiary/aromatic N) is 1. The molecule has 0 bridgehead atoms. The third kappa shape index (κ3) is 3.73. The Morgan fingerprint density at radius 2 is 2.23 bits per heavy atom. The van der Waals surface area contributed by atoms with Gasteiger partial charge >= 0.3 is 0 Å². The van der Waals surface area contributed by atoms with Crippen molar-refractivity contribution in [2.45, 2.75) is 20.8 Å². The second-order valence-corrected chi connectivity index (χ2v) is 4.21. The maximum absolute atomic E-state index is 10.9. The fourth-order valence-corrected chi connectivity index (χ4v) is 0.821. The van der Waals surface area contributed by atoms with Crippen LogP contribution in [-0.4, -0.2) is 16.5 Å². The molecule has 4 heteroatoms. The molecule has 13 heavy (non-hydrogen) atoms. The van der Waals surface area contributed by atoms with Crippen molar-refractivity contribution in [2.24, 2.45) is 5.41 Å². The van der Waals surface area contributed by atoms with Gasteiger partial charge in [-0.15, -0.1) is 0 Å². The third-order valence-electron chi connectivity index (χ3n) is 1.48. The maximum Gasteiger partial charge on any atom is 0.252 e. The van der Waals surface area contributed by atoms with Crippen LogP contribution in [0.15, 0.2) is 17.2 Å². The molecule has 0 amide bonds. The first-order valence-electron chi connectivity index (χ1n) is 4.26. The predicted octanol–water partition coefficient (Wildman–Crippen LogP) is 1.23. The molecule has 1 aromatic heterocycles. The lowest BCUT2D eigenvalue weighted by molar-refractivity contribution is 0.442. The summed E-state index contributed by atoms with van der Waals surface area (Å²) in [6, 6.07) is 1.45. The van der Waals surface area contributed by atoms with Crippen molar-refractivity contribution in [1.29, 1.82) is 0 Å². The van der Waals surface area contributed by atoms with Crippen LogP contribution in [0.4, 0.5) is 5.82 Å². The van der Waals surface area contributed by atoms with Crippen LogP contribution >= 0.6 is 0 Å². The van der Waals surface area contributed by atoms with Crippen LogP contribution in [0.3, 0.4) is 0 Å². The van der Waals surface area contributed by atoms with Gasteiger partial charge < -0.3 is 10.3 Å². The van der Waals surface area contributed by atoms with Crippen LogP contribution in [0.25, 0.3) is 0 Å². The normalized spacial score (nSPS) is 11.3. The van der Waals surface area contributed by atoms with Crippen molar-refractivity contribution < 1.29 is 0 Å². The quantitative estimate of drug-likeness (QED) is 0.721. The number of hydrogen-bond donors (Lipinski definition) is 2. The van der Waals surface area contributed by atoms with E-state index in [1.54, 1.807) is 0 Å². The van der Waals surface area contributed by atoms with E-state index < -0.39 is 0 Å². The van der Waals surface area contributed by atoms with Crippen molar-refractivity contribution in [3.05, 3.63) is 22.7 Å². The standard InChI is InChI=1S/C9H15N3O/c1-9(2,3)5-10-7-4-8(13)12-6-11-7/h4,6H,5H2,1-3H3,(H2,10,11,12,13). The highest BCUT2D eigenvalue weighted by Crippen LogP contribution is 2.12. The van der Waals surface area contributed by atoms with E-state index in [-0.39, 0.29) is 11.0 Å². The Labute approximate surface area is 77.4 Å². The summed E-state index contributed by atoms with van der Waals surface area (Å²) in [6.07, 6.45) is 1.40. The van der Waals surface area contributed by atoms with Crippen LogP contribution in [0, 0.1) is 5.41 Å². The smallest absolute Gasteiger partial charge is 0.252 e. The molecule has 2 N–H and O–H groups in total. The van der Waals surface area contributed by atoms with Crippen LogP contribution < -0.4 is 10.9 Å². The Kier molecular flexibility index (Phi) is 2.70. The fraction of sp³-hybridized carbons (Fsp3) is 0.556. The molecule has 1 aromatic rings. The van der Waals surface area contributed by atoms with Gasteiger partial charge in [-0.2, -0.15) is 0 Å². The van der Waals surface area contributed by atoms with Gasteiger partial charge in [0.1, 0.15) is 5.82 Å². The second-order valence-electron chi connectivity index (χ2n) is 4.21. The van der Waals surface area contributed by atoms with Gasteiger partial charge in [-0.25, -0.2) is 4.98 Å². The minimum absolute atomic E-state index is 0.133. The van der Waals surface area contributed by atoms with Gasteiger partial charge in [-0.05, 0) is 5.41 Å². The molecule has 4 nitrogen and oxygen atoms in total. The zero-order valence-corrected chi connectivity index (χ0v) is 8.22. The van der Waals surface area contributed by atoms with Crippen molar-refractivity contribution in [1.82, 2.24) is 9.97 Å². The number of hydrogen-bond acceptors (Lipinski definition) is 3. The summed E-state index contributed by atoms with van der Waals surface area (Å²) in [7, 11) is 0. The fourth-order valence-electron chi connectivity index (χ4n) is 0.821. The molecule has 0 unspecified atom stereocenters. The monoisotopic (exact) mass is 181 g/mol. The van der Waals surface area contributed by atoms with Gasteiger partial charge in [-0.1, -0.05) is 20.8 Å². The number of aromatic nitrogens is 2. The Balaban J connectivity index is 2.60. The van der Waals surface area contributed by atoms with E-state index in [4.69, 9.17) is 0 Å². The average molecular weight is 181 g/mol. The Morgan fingerprint density at radius 3 is 2.77 bits per heavy atom. The lowest BCUT2D eigenvalue weighted by atomic mass is 9.97. The van der Waals surface area contributed by atoms with Gasteiger partial charge in [0.25, 0.3) is 5.56 Å². The number of rotatable bonds is 2. The molecular weight excluding hydrogens is 166 g/mol. The summed E-state index contributed by atoms with van der Waals surface area (Å²) < 4.78 is 0. The van der Waals surface area contributed by atoms with Crippen LogP contribution in [0.5, 0.6) is 0 Å². The van der Waals surface area contributed by atoms with Crippen molar-refractivity contribution >= 4 is 5.82 Å². The van der Waals surface area contributed by atoms with Gasteiger partial charge in [-0.3, -0.25) is 4.79 Å². The summed E-state index contributed by atoms with van der Waals surface area (Å²) in [5.41, 5.74) is 0.0519. The van der Waals surface area contributed by atoms with E-state index in [2.05, 4.69) is 36.1 Å². The summed E-state index contributed by atoms with van der Waals surface area (Å²) in [5.74, 6) is 0.624. The molecule has 0 atom stereocenters. The molecule has 0 radical (unpaired) electrons. The maximum atomic E-state index is 10.9. The van der Waals surface area contributed by atoms with Crippen molar-refractivity contribution in [3.8, 4) is 0 Å². The molecule has 0 aliphatic heterocycles. The number of aromatic amines is 1. The zero-order chi connectivity index (χ0) is 9.90. The number of H-pyrrole nitrogens is 1. The second kappa shape index (κ2) is 3.60. The Hall–Kier alpha value is -1.32. The summed E-state index contributed by atoms with van der Waals surface area (Å²) in [4.78, 5) is 17.3. The molecular formula is C9H15N3O. The molecule has 0 aliphatic rings. The molecule has 72 valence electrons.